The van der Waals surface area contributed by atoms with Crippen LogP contribution in [0.2, 0.25) is 0 Å². The second-order valence-electron chi connectivity index (χ2n) is 5.94. The highest BCUT2D eigenvalue weighted by molar-refractivity contribution is 5.75. The van der Waals surface area contributed by atoms with Crippen molar-refractivity contribution in [2.75, 3.05) is 19.7 Å². The summed E-state index contributed by atoms with van der Waals surface area (Å²) >= 11 is 0. The average Bonchev–Trinajstić information content (AvgIpc) is 2.77. The van der Waals surface area contributed by atoms with E-state index in [1.54, 1.807) is 0 Å². The van der Waals surface area contributed by atoms with Crippen LogP contribution in [0.5, 0.6) is 0 Å². The second kappa shape index (κ2) is 4.05. The molecule has 1 saturated carbocycles. The van der Waals surface area contributed by atoms with Gasteiger partial charge in [0.05, 0.1) is 17.6 Å². The molecule has 100 valence electrons. The molecule has 0 radical (unpaired) electrons. The first-order chi connectivity index (χ1) is 9.28. The van der Waals surface area contributed by atoms with Crippen LogP contribution in [0.4, 0.5) is 0 Å². The number of likely N-dealkylation sites (tertiary alicyclic amines) is 1. The summed E-state index contributed by atoms with van der Waals surface area (Å²) in [5.41, 5.74) is 2.28. The molecule has 19 heavy (non-hydrogen) atoms. The van der Waals surface area contributed by atoms with Crippen molar-refractivity contribution in [1.29, 1.82) is 0 Å². The minimum atomic E-state index is 0.370. The Bertz CT molecular complexity index is 609. The molecule has 1 aromatic carbocycles. The van der Waals surface area contributed by atoms with Gasteiger partial charge in [0.2, 0.25) is 0 Å². The number of imidazole rings is 1. The van der Waals surface area contributed by atoms with Gasteiger partial charge in [-0.3, -0.25) is 4.90 Å². The summed E-state index contributed by atoms with van der Waals surface area (Å²) in [4.78, 5) is 7.20. The lowest BCUT2D eigenvalue weighted by molar-refractivity contribution is 0.214. The Hall–Kier alpha value is -1.39. The Morgan fingerprint density at radius 2 is 2.00 bits per heavy atom. The number of fused-ring (bicyclic) bond motifs is 2. The highest BCUT2D eigenvalue weighted by Crippen LogP contribution is 2.51. The van der Waals surface area contributed by atoms with Crippen LogP contribution in [0.1, 0.15) is 5.82 Å². The van der Waals surface area contributed by atoms with Crippen LogP contribution in [0.15, 0.2) is 24.3 Å². The Kier molecular flexibility index (Phi) is 2.44. The molecule has 0 bridgehead atoms. The Morgan fingerprint density at radius 3 is 2.68 bits per heavy atom. The predicted octanol–water partition coefficient (Wildman–Crippen LogP) is 1.24. The molecule has 1 N–H and O–H groups in total. The summed E-state index contributed by atoms with van der Waals surface area (Å²) < 4.78 is 2.20. The molecule has 3 atom stereocenters. The monoisotopic (exact) mass is 257 g/mol. The van der Waals surface area contributed by atoms with Crippen LogP contribution < -0.4 is 0 Å². The zero-order valence-electron chi connectivity index (χ0n) is 11.2. The number of aliphatic hydroxyl groups excluding tert-OH is 1. The van der Waals surface area contributed by atoms with Crippen molar-refractivity contribution in [2.45, 2.75) is 6.54 Å². The maximum absolute atomic E-state index is 9.19. The maximum atomic E-state index is 9.19. The van der Waals surface area contributed by atoms with Gasteiger partial charge >= 0.3 is 0 Å². The van der Waals surface area contributed by atoms with Crippen molar-refractivity contribution in [3.63, 3.8) is 0 Å². The van der Waals surface area contributed by atoms with Gasteiger partial charge < -0.3 is 9.67 Å². The molecule has 1 saturated heterocycles. The number of nitrogens with zero attached hydrogens (tertiary/aromatic N) is 3. The van der Waals surface area contributed by atoms with Crippen molar-refractivity contribution in [3.8, 4) is 0 Å². The minimum Gasteiger partial charge on any atom is -0.396 e. The molecule has 1 aromatic heterocycles. The summed E-state index contributed by atoms with van der Waals surface area (Å²) in [7, 11) is 2.10. The third-order valence-electron chi connectivity index (χ3n) is 4.90. The molecule has 1 aliphatic heterocycles. The van der Waals surface area contributed by atoms with Crippen molar-refractivity contribution in [2.24, 2.45) is 24.8 Å². The fourth-order valence-electron chi connectivity index (χ4n) is 3.67. The number of aryl methyl sites for hydroxylation is 1. The SMILES string of the molecule is Cn1c(CN2C[C@@H]3C(CO)[C@@H]3C2)nc2ccccc21. The number of hydrogen-bond donors (Lipinski definition) is 1. The van der Waals surface area contributed by atoms with Crippen LogP contribution in [0.3, 0.4) is 0 Å². The highest BCUT2D eigenvalue weighted by Gasteiger charge is 2.54. The normalized spacial score (nSPS) is 29.9. The third kappa shape index (κ3) is 1.70. The topological polar surface area (TPSA) is 41.3 Å². The van der Waals surface area contributed by atoms with Crippen molar-refractivity contribution in [1.82, 2.24) is 14.5 Å². The average molecular weight is 257 g/mol. The highest BCUT2D eigenvalue weighted by atomic mass is 16.3. The fourth-order valence-corrected chi connectivity index (χ4v) is 3.67. The van der Waals surface area contributed by atoms with Crippen LogP contribution in [-0.2, 0) is 13.6 Å². The zero-order chi connectivity index (χ0) is 13.0. The van der Waals surface area contributed by atoms with E-state index < -0.39 is 0 Å². The molecule has 4 rings (SSSR count). The van der Waals surface area contributed by atoms with Gasteiger partial charge in [0.15, 0.2) is 0 Å². The molecule has 4 nitrogen and oxygen atoms in total. The molecule has 4 heteroatoms. The number of aromatic nitrogens is 2. The van der Waals surface area contributed by atoms with E-state index in [-0.39, 0.29) is 0 Å². The van der Waals surface area contributed by atoms with E-state index in [0.29, 0.717) is 12.5 Å². The van der Waals surface area contributed by atoms with Crippen LogP contribution in [0, 0.1) is 17.8 Å². The van der Waals surface area contributed by atoms with E-state index >= 15 is 0 Å². The summed E-state index contributed by atoms with van der Waals surface area (Å²) in [5.74, 6) is 3.19. The smallest absolute Gasteiger partial charge is 0.123 e. The molecule has 0 amide bonds. The second-order valence-corrected chi connectivity index (χ2v) is 5.94. The van der Waals surface area contributed by atoms with E-state index in [1.807, 2.05) is 6.07 Å². The number of aliphatic hydroxyl groups is 1. The number of para-hydroxylation sites is 2. The first kappa shape index (κ1) is 11.4. The molecular formula is C15H19N3O. The Balaban J connectivity index is 1.52. The van der Waals surface area contributed by atoms with Gasteiger partial charge in [-0.2, -0.15) is 0 Å². The van der Waals surface area contributed by atoms with E-state index in [0.717, 1.165) is 42.8 Å². The third-order valence-corrected chi connectivity index (χ3v) is 4.90. The maximum Gasteiger partial charge on any atom is 0.123 e. The van der Waals surface area contributed by atoms with E-state index in [4.69, 9.17) is 4.98 Å². The lowest BCUT2D eigenvalue weighted by Crippen LogP contribution is -2.26. The molecule has 1 aliphatic carbocycles. The van der Waals surface area contributed by atoms with Gasteiger partial charge in [0, 0.05) is 26.7 Å². The Labute approximate surface area is 112 Å². The van der Waals surface area contributed by atoms with Gasteiger partial charge in [0.1, 0.15) is 5.82 Å². The number of piperidine rings is 1. The number of rotatable bonds is 3. The summed E-state index contributed by atoms with van der Waals surface area (Å²) in [6, 6.07) is 8.29. The summed E-state index contributed by atoms with van der Waals surface area (Å²) in [5, 5.41) is 9.19. The molecule has 2 aromatic rings. The summed E-state index contributed by atoms with van der Waals surface area (Å²) in [6.07, 6.45) is 0. The standard InChI is InChI=1S/C15H19N3O/c1-17-14-5-3-2-4-13(14)16-15(17)8-18-6-10-11(7-18)12(10)9-19/h2-5,10-12,19H,6-9H2,1H3/t10-,11+,12?. The molecular weight excluding hydrogens is 238 g/mol. The molecule has 2 fully saturated rings. The van der Waals surface area contributed by atoms with Crippen molar-refractivity contribution < 1.29 is 5.11 Å². The van der Waals surface area contributed by atoms with Crippen LogP contribution in [-0.4, -0.2) is 39.3 Å². The lowest BCUT2D eigenvalue weighted by atomic mass is 10.3. The molecule has 2 aliphatic rings. The van der Waals surface area contributed by atoms with Gasteiger partial charge in [0.25, 0.3) is 0 Å². The first-order valence-corrected chi connectivity index (χ1v) is 7.01. The van der Waals surface area contributed by atoms with E-state index in [9.17, 15) is 5.11 Å². The first-order valence-electron chi connectivity index (χ1n) is 7.01. The van der Waals surface area contributed by atoms with Gasteiger partial charge in [-0.25, -0.2) is 4.98 Å². The van der Waals surface area contributed by atoms with E-state index in [2.05, 4.69) is 34.7 Å². The van der Waals surface area contributed by atoms with Gasteiger partial charge in [-0.05, 0) is 29.9 Å². The predicted molar refractivity (Wildman–Crippen MR) is 73.5 cm³/mol. The molecule has 1 unspecified atom stereocenters. The molecule has 0 spiro atoms. The van der Waals surface area contributed by atoms with Gasteiger partial charge in [-0.1, -0.05) is 12.1 Å². The number of hydrogen-bond acceptors (Lipinski definition) is 3. The zero-order valence-corrected chi connectivity index (χ0v) is 11.2. The molecule has 2 heterocycles. The van der Waals surface area contributed by atoms with Crippen LogP contribution >= 0.6 is 0 Å². The quantitative estimate of drug-likeness (QED) is 0.899. The largest absolute Gasteiger partial charge is 0.396 e. The van der Waals surface area contributed by atoms with Crippen LogP contribution in [0.25, 0.3) is 11.0 Å². The van der Waals surface area contributed by atoms with Crippen molar-refractivity contribution >= 4 is 11.0 Å². The minimum absolute atomic E-state index is 0.370. The summed E-state index contributed by atoms with van der Waals surface area (Å²) in [6.45, 7) is 3.55. The van der Waals surface area contributed by atoms with Crippen molar-refractivity contribution in [3.05, 3.63) is 30.1 Å². The lowest BCUT2D eigenvalue weighted by Gasteiger charge is -2.18. The number of benzene rings is 1. The van der Waals surface area contributed by atoms with Gasteiger partial charge in [-0.15, -0.1) is 0 Å². The fraction of sp³-hybridized carbons (Fsp3) is 0.533. The van der Waals surface area contributed by atoms with E-state index in [1.165, 1.54) is 5.52 Å². The Morgan fingerprint density at radius 1 is 1.26 bits per heavy atom.